The zero-order chi connectivity index (χ0) is 22.9. The molecule has 0 N–H and O–H groups in total. The van der Waals surface area contributed by atoms with Crippen LogP contribution in [0, 0.1) is 0 Å². The van der Waals surface area contributed by atoms with Crippen molar-refractivity contribution in [3.8, 4) is 11.5 Å². The predicted molar refractivity (Wildman–Crippen MR) is 140 cm³/mol. The van der Waals surface area contributed by atoms with E-state index in [0.717, 1.165) is 30.6 Å². The van der Waals surface area contributed by atoms with Crippen LogP contribution in [0.5, 0.6) is 11.5 Å². The minimum absolute atomic E-state index is 0.574. The summed E-state index contributed by atoms with van der Waals surface area (Å²) in [5.41, 5.74) is 1.94. The summed E-state index contributed by atoms with van der Waals surface area (Å²) in [6.45, 7) is -4.11. The molecule has 1 fully saturated rings. The molecule has 176 valence electrons. The van der Waals surface area contributed by atoms with Crippen molar-refractivity contribution in [2.45, 2.75) is 19.5 Å². The van der Waals surface area contributed by atoms with Crippen molar-refractivity contribution in [1.29, 1.82) is 0 Å². The van der Waals surface area contributed by atoms with Crippen molar-refractivity contribution in [2.24, 2.45) is 18.1 Å². The number of fused-ring (bicyclic) bond motifs is 3. The SMILES string of the molecule is ClP1(Cl)=NP2(Cl)=NP34=NP(Cl)(=N1)Oc1ccccc1CN3CCCN4Cc1ccccc1O2. The van der Waals surface area contributed by atoms with Crippen LogP contribution in [-0.2, 0) is 13.1 Å². The summed E-state index contributed by atoms with van der Waals surface area (Å²) >= 11 is 27.4. The fourth-order valence-electron chi connectivity index (χ4n) is 4.25. The van der Waals surface area contributed by atoms with Crippen molar-refractivity contribution in [1.82, 2.24) is 9.34 Å². The zero-order valence-electron chi connectivity index (χ0n) is 17.0. The molecule has 0 amide bonds. The molecule has 4 aliphatic rings. The first-order valence-corrected chi connectivity index (χ1v) is 20.2. The second-order valence-corrected chi connectivity index (χ2v) is 22.0. The maximum Gasteiger partial charge on any atom is 0.351 e. The van der Waals surface area contributed by atoms with Crippen LogP contribution in [-0.4, -0.2) is 22.4 Å². The quantitative estimate of drug-likeness (QED) is 0.281. The van der Waals surface area contributed by atoms with Crippen molar-refractivity contribution in [3.05, 3.63) is 59.7 Å². The van der Waals surface area contributed by atoms with Gasteiger partial charge in [0, 0.05) is 37.3 Å². The molecule has 6 rings (SSSR count). The molecule has 0 saturated carbocycles. The summed E-state index contributed by atoms with van der Waals surface area (Å²) < 4.78 is 36.4. The van der Waals surface area contributed by atoms with Gasteiger partial charge in [-0.2, -0.15) is 18.1 Å². The molecule has 0 aliphatic carbocycles. The number of nitrogens with zero attached hydrogens (tertiary/aromatic N) is 6. The Hall–Kier alpha value is 0.0400. The van der Waals surface area contributed by atoms with E-state index in [4.69, 9.17) is 63.0 Å². The number of hydrogen-bond donors (Lipinski definition) is 0. The van der Waals surface area contributed by atoms with Crippen LogP contribution >= 0.6 is 71.9 Å². The molecule has 1 spiro atoms. The molecular weight excluding hydrogens is 586 g/mol. The van der Waals surface area contributed by atoms with Gasteiger partial charge in [-0.3, -0.25) is 0 Å². The van der Waals surface area contributed by atoms with Crippen LogP contribution in [0.4, 0.5) is 0 Å². The Morgan fingerprint density at radius 2 is 1.18 bits per heavy atom. The fraction of sp³-hybridized carbons (Fsp3) is 0.294. The molecule has 3 bridgehead atoms. The Kier molecular flexibility index (Phi) is 5.88. The molecular formula is C17H18Cl4N6O2P4. The van der Waals surface area contributed by atoms with Crippen LogP contribution < -0.4 is 9.05 Å². The molecule has 33 heavy (non-hydrogen) atoms. The van der Waals surface area contributed by atoms with Crippen molar-refractivity contribution in [3.63, 3.8) is 0 Å². The van der Waals surface area contributed by atoms with E-state index in [1.54, 1.807) is 0 Å². The Labute approximate surface area is 211 Å². The maximum absolute atomic E-state index is 7.06. The van der Waals surface area contributed by atoms with E-state index >= 15 is 0 Å². The lowest BCUT2D eigenvalue weighted by atomic mass is 10.2. The lowest BCUT2D eigenvalue weighted by Crippen LogP contribution is -2.38. The normalized spacial score (nSPS) is 34.7. The third kappa shape index (κ3) is 4.30. The van der Waals surface area contributed by atoms with Gasteiger partial charge in [-0.05, 0) is 63.5 Å². The van der Waals surface area contributed by atoms with E-state index in [9.17, 15) is 0 Å². The highest BCUT2D eigenvalue weighted by molar-refractivity contribution is 8.15. The monoisotopic (exact) mass is 602 g/mol. The zero-order valence-corrected chi connectivity index (χ0v) is 23.6. The summed E-state index contributed by atoms with van der Waals surface area (Å²) in [4.78, 5) is 0. The van der Waals surface area contributed by atoms with Gasteiger partial charge in [-0.1, -0.05) is 36.4 Å². The molecule has 3 atom stereocenters. The highest BCUT2D eigenvalue weighted by Gasteiger charge is 2.48. The Bertz CT molecular complexity index is 1370. The van der Waals surface area contributed by atoms with Crippen molar-refractivity contribution < 1.29 is 9.05 Å². The van der Waals surface area contributed by atoms with Gasteiger partial charge in [0.15, 0.2) is 0 Å². The van der Waals surface area contributed by atoms with Crippen molar-refractivity contribution >= 4 is 71.9 Å². The minimum atomic E-state index is -3.42. The van der Waals surface area contributed by atoms with Crippen molar-refractivity contribution in [2.75, 3.05) is 13.1 Å². The molecule has 4 aliphatic heterocycles. The average molecular weight is 604 g/mol. The predicted octanol–water partition coefficient (Wildman–Crippen LogP) is 9.93. The molecule has 2 aromatic carbocycles. The standard InChI is InChI=1S/C17H18Cl4N6O2P4/c18-30(19)22-31(20)24-33-25-32(21,23-30)29-17-9-4-2-7-15(17)13-27(33)11-5-10-26(33)12-14-6-1-3-8-16(14)28-31/h1-4,6-9H,5,10-13H2. The molecule has 8 nitrogen and oxygen atoms in total. The van der Waals surface area contributed by atoms with Gasteiger partial charge in [0.25, 0.3) is 5.91 Å². The van der Waals surface area contributed by atoms with Crippen LogP contribution in [0.1, 0.15) is 17.5 Å². The first-order chi connectivity index (χ1) is 15.7. The summed E-state index contributed by atoms with van der Waals surface area (Å²) in [6, 6.07) is 15.4. The average Bonchev–Trinajstić information content (AvgIpc) is 2.69. The van der Waals surface area contributed by atoms with E-state index < -0.39 is 27.0 Å². The molecule has 4 heterocycles. The van der Waals surface area contributed by atoms with Crippen LogP contribution in [0.2, 0.25) is 0 Å². The minimum Gasteiger partial charge on any atom is -0.430 e. The number of benzene rings is 2. The molecule has 1 saturated heterocycles. The second-order valence-electron chi connectivity index (χ2n) is 7.82. The Morgan fingerprint density at radius 3 is 1.76 bits per heavy atom. The lowest BCUT2D eigenvalue weighted by Gasteiger charge is -2.47. The third-order valence-electron chi connectivity index (χ3n) is 5.57. The summed E-state index contributed by atoms with van der Waals surface area (Å²) in [7, 11) is -2.90. The van der Waals surface area contributed by atoms with Crippen LogP contribution in [0.25, 0.3) is 0 Å². The van der Waals surface area contributed by atoms with Gasteiger partial charge in [-0.25, -0.2) is 9.34 Å². The summed E-state index contributed by atoms with van der Waals surface area (Å²) in [6.07, 6.45) is 0.941. The smallest absolute Gasteiger partial charge is 0.351 e. The van der Waals surface area contributed by atoms with E-state index in [1.807, 2.05) is 48.5 Å². The van der Waals surface area contributed by atoms with Gasteiger partial charge < -0.3 is 9.05 Å². The highest BCUT2D eigenvalue weighted by atomic mass is 35.9. The maximum atomic E-state index is 7.06. The first kappa shape index (κ1) is 23.4. The highest BCUT2D eigenvalue weighted by Crippen LogP contribution is 2.86. The largest absolute Gasteiger partial charge is 0.430 e. The molecule has 0 aromatic heterocycles. The van der Waals surface area contributed by atoms with E-state index in [1.165, 1.54) is 0 Å². The summed E-state index contributed by atoms with van der Waals surface area (Å²) in [5.74, 6) is -2.20. The molecule has 2 aromatic rings. The van der Waals surface area contributed by atoms with Gasteiger partial charge >= 0.3 is 13.6 Å². The van der Waals surface area contributed by atoms with Gasteiger partial charge in [0.1, 0.15) is 11.5 Å². The number of para-hydroxylation sites is 2. The van der Waals surface area contributed by atoms with Gasteiger partial charge in [0.2, 0.25) is 7.51 Å². The van der Waals surface area contributed by atoms with Gasteiger partial charge in [-0.15, -0.1) is 0 Å². The topological polar surface area (TPSA) is 74.4 Å². The number of hydrogen-bond acceptors (Lipinski definition) is 8. The Balaban J connectivity index is 1.71. The molecule has 0 radical (unpaired) electrons. The second kappa shape index (κ2) is 8.29. The van der Waals surface area contributed by atoms with E-state index in [2.05, 4.69) is 18.4 Å². The van der Waals surface area contributed by atoms with Crippen LogP contribution in [0.3, 0.4) is 0 Å². The fourth-order valence-corrected chi connectivity index (χ4v) is 24.1. The number of halogens is 4. The third-order valence-corrected chi connectivity index (χ3v) is 21.1. The molecule has 3 unspecified atom stereocenters. The van der Waals surface area contributed by atoms with E-state index in [-0.39, 0.29) is 0 Å². The van der Waals surface area contributed by atoms with E-state index in [0.29, 0.717) is 24.6 Å². The molecule has 16 heteroatoms. The number of rotatable bonds is 0. The Morgan fingerprint density at radius 1 is 0.667 bits per heavy atom. The van der Waals surface area contributed by atoms with Gasteiger partial charge in [0.05, 0.1) is 0 Å². The van der Waals surface area contributed by atoms with Crippen LogP contribution in [0.15, 0.2) is 66.6 Å². The lowest BCUT2D eigenvalue weighted by molar-refractivity contribution is 0.297. The summed E-state index contributed by atoms with van der Waals surface area (Å²) in [5, 5.41) is 0. The first-order valence-electron chi connectivity index (χ1n) is 10.1.